The van der Waals surface area contributed by atoms with Crippen LogP contribution in [0.4, 0.5) is 0 Å². The molecule has 1 aromatic heterocycles. The number of nitrogens with zero attached hydrogens (tertiary/aromatic N) is 1. The topological polar surface area (TPSA) is 34.1 Å². The van der Waals surface area contributed by atoms with Crippen LogP contribution < -0.4 is 5.32 Å². The van der Waals surface area contributed by atoms with Crippen LogP contribution >= 0.6 is 11.3 Å². The maximum atomic E-state index is 5.00. The molecule has 0 aliphatic carbocycles. The first-order valence-electron chi connectivity index (χ1n) is 5.41. The number of thiazole rings is 1. The molecule has 0 aliphatic heterocycles. The van der Waals surface area contributed by atoms with Crippen LogP contribution in [-0.2, 0) is 11.2 Å². The number of methoxy groups -OCH3 is 1. The van der Waals surface area contributed by atoms with Gasteiger partial charge in [-0.25, -0.2) is 0 Å². The van der Waals surface area contributed by atoms with Crippen LogP contribution in [0.5, 0.6) is 0 Å². The number of hydrogen-bond acceptors (Lipinski definition) is 4. The van der Waals surface area contributed by atoms with Gasteiger partial charge in [-0.2, -0.15) is 0 Å². The van der Waals surface area contributed by atoms with Crippen molar-refractivity contribution >= 4 is 11.3 Å². The van der Waals surface area contributed by atoms with Crippen molar-refractivity contribution in [3.63, 3.8) is 0 Å². The van der Waals surface area contributed by atoms with Crippen molar-refractivity contribution < 1.29 is 4.74 Å². The lowest BCUT2D eigenvalue weighted by atomic mass is 9.86. The average Bonchev–Trinajstić information content (AvgIpc) is 2.77. The third kappa shape index (κ3) is 4.43. The Morgan fingerprint density at radius 2 is 2.50 bits per heavy atom. The van der Waals surface area contributed by atoms with Gasteiger partial charge < -0.3 is 10.1 Å². The lowest BCUT2D eigenvalue weighted by Crippen LogP contribution is -2.33. The summed E-state index contributed by atoms with van der Waals surface area (Å²) in [5.74, 6) is 0. The van der Waals surface area contributed by atoms with E-state index in [4.69, 9.17) is 4.74 Å². The molecular formula is C12H20N2OS. The Labute approximate surface area is 102 Å². The molecule has 0 aliphatic rings. The first-order valence-corrected chi connectivity index (χ1v) is 6.29. The van der Waals surface area contributed by atoms with E-state index in [1.807, 2.05) is 17.8 Å². The van der Waals surface area contributed by atoms with Gasteiger partial charge in [0.2, 0.25) is 0 Å². The molecule has 1 atom stereocenters. The van der Waals surface area contributed by atoms with Crippen molar-refractivity contribution in [1.82, 2.24) is 10.3 Å². The van der Waals surface area contributed by atoms with Crippen LogP contribution in [0, 0.1) is 5.41 Å². The summed E-state index contributed by atoms with van der Waals surface area (Å²) in [6, 6.07) is 0. The Morgan fingerprint density at radius 1 is 1.69 bits per heavy atom. The van der Waals surface area contributed by atoms with E-state index in [2.05, 4.69) is 23.8 Å². The number of nitrogens with one attached hydrogen (secondary N) is 1. The second kappa shape index (κ2) is 6.78. The zero-order valence-corrected chi connectivity index (χ0v) is 10.8. The Hall–Kier alpha value is -0.710. The number of ether oxygens (including phenoxy) is 1. The van der Waals surface area contributed by atoms with Crippen molar-refractivity contribution in [3.8, 4) is 0 Å². The van der Waals surface area contributed by atoms with E-state index in [1.54, 1.807) is 18.4 Å². The molecule has 3 nitrogen and oxygen atoms in total. The molecule has 1 heterocycles. The lowest BCUT2D eigenvalue weighted by Gasteiger charge is -2.25. The molecule has 0 amide bonds. The maximum Gasteiger partial charge on any atom is 0.0794 e. The van der Waals surface area contributed by atoms with E-state index in [0.717, 1.165) is 26.1 Å². The van der Waals surface area contributed by atoms with Crippen molar-refractivity contribution in [1.29, 1.82) is 0 Å². The van der Waals surface area contributed by atoms with Crippen LogP contribution in [0.15, 0.2) is 24.4 Å². The van der Waals surface area contributed by atoms with E-state index >= 15 is 0 Å². The van der Waals surface area contributed by atoms with Crippen molar-refractivity contribution in [2.24, 2.45) is 5.41 Å². The first kappa shape index (κ1) is 13.4. The van der Waals surface area contributed by atoms with Gasteiger partial charge in [0.1, 0.15) is 0 Å². The van der Waals surface area contributed by atoms with Gasteiger partial charge in [0.05, 0.1) is 12.1 Å². The molecule has 90 valence electrons. The Balaban J connectivity index is 2.40. The highest BCUT2D eigenvalue weighted by Crippen LogP contribution is 2.24. The predicted molar refractivity (Wildman–Crippen MR) is 68.9 cm³/mol. The number of aromatic nitrogens is 1. The van der Waals surface area contributed by atoms with Gasteiger partial charge in [0.25, 0.3) is 0 Å². The minimum Gasteiger partial charge on any atom is -0.383 e. The van der Waals surface area contributed by atoms with Crippen LogP contribution in [0.2, 0.25) is 0 Å². The molecule has 1 rings (SSSR count). The fourth-order valence-corrected chi connectivity index (χ4v) is 2.27. The standard InChI is InChI=1S/C12H20N2OS/c1-4-12(2,9-13-5-6-15-3)7-11-8-14-10-16-11/h4,8,10,13H,1,5-7,9H2,2-3H3. The molecule has 0 aromatic carbocycles. The summed E-state index contributed by atoms with van der Waals surface area (Å²) in [5.41, 5.74) is 1.96. The van der Waals surface area contributed by atoms with E-state index in [-0.39, 0.29) is 5.41 Å². The Morgan fingerprint density at radius 3 is 3.06 bits per heavy atom. The molecule has 0 spiro atoms. The zero-order chi connectivity index (χ0) is 11.9. The molecule has 0 saturated carbocycles. The SMILES string of the molecule is C=CC(C)(CNCCOC)Cc1cncs1. The third-order valence-corrected chi connectivity index (χ3v) is 3.35. The van der Waals surface area contributed by atoms with Gasteiger partial charge >= 0.3 is 0 Å². The molecular weight excluding hydrogens is 220 g/mol. The van der Waals surface area contributed by atoms with E-state index in [0.29, 0.717) is 0 Å². The van der Waals surface area contributed by atoms with E-state index in [1.165, 1.54) is 4.88 Å². The van der Waals surface area contributed by atoms with Crippen molar-refractivity contribution in [3.05, 3.63) is 29.2 Å². The smallest absolute Gasteiger partial charge is 0.0794 e. The number of hydrogen-bond donors (Lipinski definition) is 1. The summed E-state index contributed by atoms with van der Waals surface area (Å²) in [4.78, 5) is 5.40. The summed E-state index contributed by atoms with van der Waals surface area (Å²) in [5, 5.41) is 3.38. The first-order chi connectivity index (χ1) is 7.70. The summed E-state index contributed by atoms with van der Waals surface area (Å²) in [6.07, 6.45) is 4.94. The molecule has 0 bridgehead atoms. The van der Waals surface area contributed by atoms with Gasteiger partial charge in [-0.05, 0) is 6.42 Å². The molecule has 1 unspecified atom stereocenters. The van der Waals surface area contributed by atoms with Crippen LogP contribution in [0.3, 0.4) is 0 Å². The fraction of sp³-hybridized carbons (Fsp3) is 0.583. The lowest BCUT2D eigenvalue weighted by molar-refractivity contribution is 0.196. The number of rotatable bonds is 8. The minimum atomic E-state index is 0.0836. The normalized spacial score (nSPS) is 14.6. The summed E-state index contributed by atoms with van der Waals surface area (Å²) in [7, 11) is 1.71. The molecule has 1 N–H and O–H groups in total. The maximum absolute atomic E-state index is 5.00. The molecule has 0 radical (unpaired) electrons. The second-order valence-corrected chi connectivity index (χ2v) is 5.14. The average molecular weight is 240 g/mol. The molecule has 16 heavy (non-hydrogen) atoms. The van der Waals surface area contributed by atoms with Gasteiger partial charge in [0, 0.05) is 36.7 Å². The Kier molecular flexibility index (Phi) is 5.66. The summed E-state index contributed by atoms with van der Waals surface area (Å²) in [6.45, 7) is 8.67. The van der Waals surface area contributed by atoms with Gasteiger partial charge in [0.15, 0.2) is 0 Å². The predicted octanol–water partition coefficient (Wildman–Crippen LogP) is 2.11. The van der Waals surface area contributed by atoms with Crippen LogP contribution in [0.25, 0.3) is 0 Å². The van der Waals surface area contributed by atoms with E-state index < -0.39 is 0 Å². The van der Waals surface area contributed by atoms with Gasteiger partial charge in [-0.3, -0.25) is 4.98 Å². The fourth-order valence-electron chi connectivity index (χ4n) is 1.48. The quantitative estimate of drug-likeness (QED) is 0.558. The van der Waals surface area contributed by atoms with Crippen LogP contribution in [0.1, 0.15) is 11.8 Å². The van der Waals surface area contributed by atoms with Crippen molar-refractivity contribution in [2.45, 2.75) is 13.3 Å². The largest absolute Gasteiger partial charge is 0.383 e. The highest BCUT2D eigenvalue weighted by Gasteiger charge is 2.20. The molecule has 4 heteroatoms. The van der Waals surface area contributed by atoms with Crippen molar-refractivity contribution in [2.75, 3.05) is 26.8 Å². The third-order valence-electron chi connectivity index (χ3n) is 2.57. The van der Waals surface area contributed by atoms with E-state index in [9.17, 15) is 0 Å². The zero-order valence-electron chi connectivity index (χ0n) is 10.0. The molecule has 0 fully saturated rings. The Bertz CT molecular complexity index is 300. The van der Waals surface area contributed by atoms with Crippen LogP contribution in [-0.4, -0.2) is 31.8 Å². The molecule has 0 saturated heterocycles. The minimum absolute atomic E-state index is 0.0836. The highest BCUT2D eigenvalue weighted by atomic mass is 32.1. The van der Waals surface area contributed by atoms with Gasteiger partial charge in [-0.1, -0.05) is 13.0 Å². The second-order valence-electron chi connectivity index (χ2n) is 4.17. The highest BCUT2D eigenvalue weighted by molar-refractivity contribution is 7.09. The molecule has 1 aromatic rings. The summed E-state index contributed by atoms with van der Waals surface area (Å²) < 4.78 is 5.00. The van der Waals surface area contributed by atoms with Gasteiger partial charge in [-0.15, -0.1) is 17.9 Å². The monoisotopic (exact) mass is 240 g/mol. The summed E-state index contributed by atoms with van der Waals surface area (Å²) >= 11 is 1.70.